The van der Waals surface area contributed by atoms with Gasteiger partial charge in [-0.25, -0.2) is 12.8 Å². The molecular formula is C15H22FNO5S. The molecule has 1 fully saturated rings. The summed E-state index contributed by atoms with van der Waals surface area (Å²) in [4.78, 5) is -0.444. The molecule has 0 spiro atoms. The normalized spacial score (nSPS) is 22.8. The fourth-order valence-electron chi connectivity index (χ4n) is 2.79. The zero-order valence-electron chi connectivity index (χ0n) is 13.5. The van der Waals surface area contributed by atoms with Gasteiger partial charge >= 0.3 is 0 Å². The highest BCUT2D eigenvalue weighted by molar-refractivity contribution is 7.89. The van der Waals surface area contributed by atoms with Crippen LogP contribution in [0.3, 0.4) is 0 Å². The molecule has 1 N–H and O–H groups in total. The molecule has 0 saturated carbocycles. The van der Waals surface area contributed by atoms with E-state index < -0.39 is 20.7 Å². The first-order valence-electron chi connectivity index (χ1n) is 7.39. The van der Waals surface area contributed by atoms with E-state index in [9.17, 15) is 17.9 Å². The second kappa shape index (κ2) is 7.02. The lowest BCUT2D eigenvalue weighted by Gasteiger charge is -2.36. The van der Waals surface area contributed by atoms with Crippen LogP contribution in [-0.4, -0.2) is 51.2 Å². The number of ether oxygens (including phenoxy) is 2. The van der Waals surface area contributed by atoms with Crippen LogP contribution in [0.15, 0.2) is 17.0 Å². The van der Waals surface area contributed by atoms with Gasteiger partial charge in [-0.15, -0.1) is 0 Å². The molecule has 8 heteroatoms. The van der Waals surface area contributed by atoms with Gasteiger partial charge in [0.1, 0.15) is 10.7 Å². The lowest BCUT2D eigenvalue weighted by molar-refractivity contribution is 0.139. The molecule has 23 heavy (non-hydrogen) atoms. The fourth-order valence-corrected chi connectivity index (χ4v) is 4.59. The first-order valence-corrected chi connectivity index (χ1v) is 8.83. The Balaban J connectivity index is 2.46. The average Bonchev–Trinajstić information content (AvgIpc) is 2.54. The number of aliphatic hydroxyl groups is 1. The minimum absolute atomic E-state index is 0.0901. The summed E-state index contributed by atoms with van der Waals surface area (Å²) in [6.07, 6.45) is 1.37. The number of benzene rings is 1. The second-order valence-electron chi connectivity index (χ2n) is 5.69. The minimum Gasteiger partial charge on any atom is -0.493 e. The third-order valence-electron chi connectivity index (χ3n) is 4.21. The summed E-state index contributed by atoms with van der Waals surface area (Å²) in [5.74, 6) is -0.745. The smallest absolute Gasteiger partial charge is 0.246 e. The Labute approximate surface area is 135 Å². The van der Waals surface area contributed by atoms with E-state index in [2.05, 4.69) is 0 Å². The zero-order chi connectivity index (χ0) is 17.2. The van der Waals surface area contributed by atoms with Gasteiger partial charge in [-0.2, -0.15) is 4.31 Å². The van der Waals surface area contributed by atoms with Crippen LogP contribution in [0.4, 0.5) is 4.39 Å². The maximum atomic E-state index is 14.3. The van der Waals surface area contributed by atoms with Crippen molar-refractivity contribution in [1.29, 1.82) is 0 Å². The average molecular weight is 347 g/mol. The number of methoxy groups -OCH3 is 2. The third kappa shape index (κ3) is 3.44. The van der Waals surface area contributed by atoms with E-state index in [1.165, 1.54) is 18.5 Å². The Kier molecular flexibility index (Phi) is 5.49. The molecule has 0 unspecified atom stereocenters. The lowest BCUT2D eigenvalue weighted by Crippen LogP contribution is -2.46. The molecule has 6 nitrogen and oxygen atoms in total. The van der Waals surface area contributed by atoms with Crippen molar-refractivity contribution in [3.8, 4) is 11.5 Å². The van der Waals surface area contributed by atoms with Crippen molar-refractivity contribution < 1.29 is 27.4 Å². The molecule has 1 aliphatic rings. The maximum Gasteiger partial charge on any atom is 0.246 e. The van der Waals surface area contributed by atoms with E-state index in [0.717, 1.165) is 18.6 Å². The fraction of sp³-hybridized carbons (Fsp3) is 0.600. The van der Waals surface area contributed by atoms with Crippen LogP contribution in [0.1, 0.15) is 19.8 Å². The van der Waals surface area contributed by atoms with E-state index in [1.54, 1.807) is 6.92 Å². The topological polar surface area (TPSA) is 76.1 Å². The van der Waals surface area contributed by atoms with Crippen LogP contribution >= 0.6 is 0 Å². The van der Waals surface area contributed by atoms with Crippen molar-refractivity contribution in [2.24, 2.45) is 5.92 Å². The van der Waals surface area contributed by atoms with Crippen LogP contribution in [-0.2, 0) is 10.0 Å². The summed E-state index contributed by atoms with van der Waals surface area (Å²) in [6.45, 7) is 1.87. The summed E-state index contributed by atoms with van der Waals surface area (Å²) in [5, 5.41) is 9.30. The summed E-state index contributed by atoms with van der Waals surface area (Å²) < 4.78 is 51.3. The van der Waals surface area contributed by atoms with Gasteiger partial charge in [0.25, 0.3) is 0 Å². The van der Waals surface area contributed by atoms with Crippen molar-refractivity contribution in [3.05, 3.63) is 17.9 Å². The Hall–Kier alpha value is -1.38. The van der Waals surface area contributed by atoms with E-state index in [-0.39, 0.29) is 36.6 Å². The molecule has 1 aromatic carbocycles. The predicted molar refractivity (Wildman–Crippen MR) is 82.7 cm³/mol. The summed E-state index contributed by atoms with van der Waals surface area (Å²) in [5.41, 5.74) is 0. The number of nitrogens with zero attached hydrogens (tertiary/aromatic N) is 1. The van der Waals surface area contributed by atoms with Crippen molar-refractivity contribution in [3.63, 3.8) is 0 Å². The van der Waals surface area contributed by atoms with Crippen molar-refractivity contribution in [2.75, 3.05) is 27.4 Å². The second-order valence-corrected chi connectivity index (χ2v) is 7.55. The van der Waals surface area contributed by atoms with Crippen LogP contribution < -0.4 is 9.47 Å². The molecule has 0 aliphatic carbocycles. The van der Waals surface area contributed by atoms with Crippen LogP contribution in [0.25, 0.3) is 0 Å². The van der Waals surface area contributed by atoms with Gasteiger partial charge in [0, 0.05) is 31.3 Å². The Morgan fingerprint density at radius 3 is 2.43 bits per heavy atom. The molecule has 2 rings (SSSR count). The summed E-state index contributed by atoms with van der Waals surface area (Å²) in [7, 11) is -1.32. The molecule has 0 amide bonds. The number of hydrogen-bond donors (Lipinski definition) is 1. The standard InChI is InChI=1S/C15H22FNO5S/c1-10-4-5-11(9-18)8-17(10)23(19,20)15-7-14(22-3)13(21-2)6-12(15)16/h6-7,10-11,18H,4-5,8-9H2,1-3H3/t10-,11+/m0/s1. The van der Waals surface area contributed by atoms with Crippen LogP contribution in [0.2, 0.25) is 0 Å². The van der Waals surface area contributed by atoms with Crippen molar-refractivity contribution in [2.45, 2.75) is 30.7 Å². The van der Waals surface area contributed by atoms with E-state index in [4.69, 9.17) is 9.47 Å². The Bertz CT molecular complexity index is 664. The lowest BCUT2D eigenvalue weighted by atomic mass is 9.96. The first kappa shape index (κ1) is 18.0. The van der Waals surface area contributed by atoms with Gasteiger partial charge in [-0.1, -0.05) is 0 Å². The molecular weight excluding hydrogens is 325 g/mol. The van der Waals surface area contributed by atoms with E-state index >= 15 is 0 Å². The number of halogens is 1. The Morgan fingerprint density at radius 1 is 1.26 bits per heavy atom. The highest BCUT2D eigenvalue weighted by Gasteiger charge is 2.36. The van der Waals surface area contributed by atoms with Gasteiger partial charge in [0.05, 0.1) is 14.2 Å². The molecule has 2 atom stereocenters. The van der Waals surface area contributed by atoms with Crippen LogP contribution in [0, 0.1) is 11.7 Å². The van der Waals surface area contributed by atoms with Crippen LogP contribution in [0.5, 0.6) is 11.5 Å². The van der Waals surface area contributed by atoms with Gasteiger partial charge in [-0.05, 0) is 25.7 Å². The molecule has 1 heterocycles. The van der Waals surface area contributed by atoms with E-state index in [1.807, 2.05) is 0 Å². The molecule has 1 saturated heterocycles. The number of aliphatic hydroxyl groups excluding tert-OH is 1. The third-order valence-corrected chi connectivity index (χ3v) is 6.20. The summed E-state index contributed by atoms with van der Waals surface area (Å²) in [6, 6.07) is 1.89. The van der Waals surface area contributed by atoms with E-state index in [0.29, 0.717) is 6.42 Å². The molecule has 130 valence electrons. The largest absolute Gasteiger partial charge is 0.493 e. The Morgan fingerprint density at radius 2 is 1.87 bits per heavy atom. The zero-order valence-corrected chi connectivity index (χ0v) is 14.3. The molecule has 0 aromatic heterocycles. The first-order chi connectivity index (χ1) is 10.8. The van der Waals surface area contributed by atoms with Crippen molar-refractivity contribution >= 4 is 10.0 Å². The minimum atomic E-state index is -4.03. The number of rotatable bonds is 5. The molecule has 0 bridgehead atoms. The molecule has 0 radical (unpaired) electrons. The highest BCUT2D eigenvalue weighted by Crippen LogP contribution is 2.35. The predicted octanol–water partition coefficient (Wildman–Crippen LogP) is 1.62. The van der Waals surface area contributed by atoms with Crippen molar-refractivity contribution in [1.82, 2.24) is 4.31 Å². The SMILES string of the molecule is COc1cc(F)c(S(=O)(=O)N2C[C@H](CO)CC[C@@H]2C)cc1OC. The highest BCUT2D eigenvalue weighted by atomic mass is 32.2. The molecule has 1 aliphatic heterocycles. The number of sulfonamides is 1. The van der Waals surface area contributed by atoms with Gasteiger partial charge in [-0.3, -0.25) is 0 Å². The monoisotopic (exact) mass is 347 g/mol. The molecule has 1 aromatic rings. The van der Waals surface area contributed by atoms with Gasteiger partial charge in [0.15, 0.2) is 11.5 Å². The quantitative estimate of drug-likeness (QED) is 0.876. The van der Waals surface area contributed by atoms with Gasteiger partial charge in [0.2, 0.25) is 10.0 Å². The van der Waals surface area contributed by atoms with Gasteiger partial charge < -0.3 is 14.6 Å². The maximum absolute atomic E-state index is 14.3. The summed E-state index contributed by atoms with van der Waals surface area (Å²) >= 11 is 0. The number of piperidine rings is 1. The number of hydrogen-bond acceptors (Lipinski definition) is 5.